The molecule has 2 saturated carbocycles. The number of fused-ring (bicyclic) bond motifs is 1. The summed E-state index contributed by atoms with van der Waals surface area (Å²) in [6.45, 7) is 6.75. The molecule has 33 heavy (non-hydrogen) atoms. The highest BCUT2D eigenvalue weighted by Gasteiger charge is 2.44. The lowest BCUT2D eigenvalue weighted by atomic mass is 10.1. The molecule has 0 N–H and O–H groups in total. The van der Waals surface area contributed by atoms with Crippen LogP contribution in [0.3, 0.4) is 0 Å². The number of ether oxygens (including phenoxy) is 1. The molecule has 0 aromatic carbocycles. The highest BCUT2D eigenvalue weighted by atomic mass is 32.1. The lowest BCUT2D eigenvalue weighted by molar-refractivity contribution is -0.152. The highest BCUT2D eigenvalue weighted by Crippen LogP contribution is 2.42. The second-order valence-corrected chi connectivity index (χ2v) is 11.0. The first-order valence-electron chi connectivity index (χ1n) is 11.3. The van der Waals surface area contributed by atoms with Gasteiger partial charge in [-0.1, -0.05) is 0 Å². The summed E-state index contributed by atoms with van der Waals surface area (Å²) in [6, 6.07) is -0.173. The number of aliphatic imine (C=N–C) groups is 1. The Morgan fingerprint density at radius 1 is 1.27 bits per heavy atom. The molecule has 0 radical (unpaired) electrons. The molecular weight excluding hydrogens is 452 g/mol. The first-order chi connectivity index (χ1) is 15.4. The molecule has 4 rings (SSSR count). The minimum atomic E-state index is -2.82. The zero-order chi connectivity index (χ0) is 24.1. The van der Waals surface area contributed by atoms with Crippen molar-refractivity contribution in [3.8, 4) is 0 Å². The zero-order valence-electron chi connectivity index (χ0n) is 19.3. The number of rotatable bonds is 6. The Balaban J connectivity index is 1.74. The molecule has 2 aliphatic carbocycles. The average molecular weight is 482 g/mol. The van der Waals surface area contributed by atoms with Crippen LogP contribution < -0.4 is 11.2 Å². The fourth-order valence-corrected chi connectivity index (χ4v) is 5.54. The van der Waals surface area contributed by atoms with Crippen LogP contribution in [0.4, 0.5) is 8.78 Å². The molecule has 0 saturated heterocycles. The predicted molar refractivity (Wildman–Crippen MR) is 124 cm³/mol. The van der Waals surface area contributed by atoms with Crippen LogP contribution in [0.5, 0.6) is 0 Å². The van der Waals surface area contributed by atoms with E-state index < -0.39 is 29.1 Å². The smallest absolute Gasteiger partial charge is 0.332 e. The van der Waals surface area contributed by atoms with Crippen LogP contribution in [0.1, 0.15) is 69.4 Å². The molecule has 1 unspecified atom stereocenters. The lowest BCUT2D eigenvalue weighted by Gasteiger charge is -2.21. The minimum absolute atomic E-state index is 0.121. The SMILES string of the molecule is Cc1c(C=NCC(=O)OC(C)(C)C)sc2c1c(=O)n(C1CC1)c(=O)n2CC1CCCC1(F)F. The Morgan fingerprint density at radius 2 is 1.97 bits per heavy atom. The van der Waals surface area contributed by atoms with Crippen molar-refractivity contribution in [2.45, 2.75) is 83.9 Å². The number of hydrogen-bond donors (Lipinski definition) is 0. The van der Waals surface area contributed by atoms with Crippen molar-refractivity contribution < 1.29 is 18.3 Å². The maximum absolute atomic E-state index is 14.4. The maximum Gasteiger partial charge on any atom is 0.332 e. The molecule has 0 bridgehead atoms. The first kappa shape index (κ1) is 23.8. The van der Waals surface area contributed by atoms with Crippen molar-refractivity contribution in [1.29, 1.82) is 0 Å². The second kappa shape index (κ2) is 8.45. The Labute approximate surface area is 194 Å². The third-order valence-corrected chi connectivity index (χ3v) is 7.35. The van der Waals surface area contributed by atoms with Crippen molar-refractivity contribution in [2.75, 3.05) is 6.54 Å². The fourth-order valence-electron chi connectivity index (χ4n) is 4.34. The van der Waals surface area contributed by atoms with Crippen molar-refractivity contribution in [3.63, 3.8) is 0 Å². The average Bonchev–Trinajstić information content (AvgIpc) is 3.38. The normalized spacial score (nSPS) is 20.7. The number of carbonyl (C=O) groups is 1. The number of aryl methyl sites for hydroxylation is 1. The third-order valence-electron chi connectivity index (χ3n) is 6.10. The van der Waals surface area contributed by atoms with Gasteiger partial charge in [-0.15, -0.1) is 11.3 Å². The number of thiophene rings is 1. The van der Waals surface area contributed by atoms with Gasteiger partial charge < -0.3 is 4.74 Å². The Hall–Kier alpha value is -2.36. The van der Waals surface area contributed by atoms with E-state index in [2.05, 4.69) is 4.99 Å². The van der Waals surface area contributed by atoms with E-state index in [9.17, 15) is 23.2 Å². The van der Waals surface area contributed by atoms with E-state index in [-0.39, 0.29) is 31.1 Å². The van der Waals surface area contributed by atoms with E-state index in [0.717, 1.165) is 12.8 Å². The van der Waals surface area contributed by atoms with Crippen LogP contribution in [-0.2, 0) is 16.1 Å². The molecule has 1 atom stereocenters. The maximum atomic E-state index is 14.4. The Morgan fingerprint density at radius 3 is 2.55 bits per heavy atom. The first-order valence-corrected chi connectivity index (χ1v) is 12.1. The summed E-state index contributed by atoms with van der Waals surface area (Å²) in [6.07, 6.45) is 3.54. The van der Waals surface area contributed by atoms with E-state index in [1.165, 1.54) is 26.7 Å². The van der Waals surface area contributed by atoms with Crippen molar-refractivity contribution in [3.05, 3.63) is 31.3 Å². The van der Waals surface area contributed by atoms with Gasteiger partial charge in [-0.05, 0) is 58.9 Å². The van der Waals surface area contributed by atoms with Gasteiger partial charge in [0, 0.05) is 31.1 Å². The monoisotopic (exact) mass is 481 g/mol. The van der Waals surface area contributed by atoms with Gasteiger partial charge in [0.1, 0.15) is 17.0 Å². The second-order valence-electron chi connectivity index (χ2n) is 9.98. The molecule has 2 heterocycles. The predicted octanol–water partition coefficient (Wildman–Crippen LogP) is 4.06. The van der Waals surface area contributed by atoms with Gasteiger partial charge >= 0.3 is 11.7 Å². The number of hydrogen-bond acceptors (Lipinski definition) is 6. The summed E-state index contributed by atoms with van der Waals surface area (Å²) in [5.74, 6) is -4.24. The number of alkyl halides is 2. The zero-order valence-corrected chi connectivity index (χ0v) is 20.1. The summed E-state index contributed by atoms with van der Waals surface area (Å²) >= 11 is 1.17. The van der Waals surface area contributed by atoms with Gasteiger partial charge in [0.25, 0.3) is 11.5 Å². The lowest BCUT2D eigenvalue weighted by Crippen LogP contribution is -2.41. The molecule has 0 spiro atoms. The minimum Gasteiger partial charge on any atom is -0.459 e. The molecule has 2 fully saturated rings. The number of carbonyl (C=O) groups excluding carboxylic acids is 1. The van der Waals surface area contributed by atoms with Gasteiger partial charge in [-0.2, -0.15) is 0 Å². The summed E-state index contributed by atoms with van der Waals surface area (Å²) in [4.78, 5) is 43.5. The van der Waals surface area contributed by atoms with Crippen LogP contribution in [-0.4, -0.2) is 39.4 Å². The molecule has 0 aliphatic heterocycles. The Bertz CT molecular complexity index is 1230. The van der Waals surface area contributed by atoms with Gasteiger partial charge in [-0.25, -0.2) is 13.6 Å². The van der Waals surface area contributed by atoms with Crippen molar-refractivity contribution in [1.82, 2.24) is 9.13 Å². The molecular formula is C23H29F2N3O4S. The number of aromatic nitrogens is 2. The molecule has 2 aliphatic rings. The number of esters is 1. The highest BCUT2D eigenvalue weighted by molar-refractivity contribution is 7.20. The molecule has 180 valence electrons. The quantitative estimate of drug-likeness (QED) is 0.460. The van der Waals surface area contributed by atoms with E-state index in [0.29, 0.717) is 33.5 Å². The van der Waals surface area contributed by atoms with Gasteiger partial charge in [0.2, 0.25) is 0 Å². The number of nitrogens with zero attached hydrogens (tertiary/aromatic N) is 3. The molecule has 0 amide bonds. The van der Waals surface area contributed by atoms with E-state index in [1.807, 2.05) is 0 Å². The summed E-state index contributed by atoms with van der Waals surface area (Å²) in [7, 11) is 0. The molecule has 10 heteroatoms. The van der Waals surface area contributed by atoms with E-state index >= 15 is 0 Å². The van der Waals surface area contributed by atoms with Gasteiger partial charge in [0.05, 0.1) is 10.3 Å². The van der Waals surface area contributed by atoms with Crippen LogP contribution in [0.2, 0.25) is 0 Å². The summed E-state index contributed by atoms with van der Waals surface area (Å²) < 4.78 is 36.6. The largest absolute Gasteiger partial charge is 0.459 e. The van der Waals surface area contributed by atoms with Crippen molar-refractivity contribution in [2.24, 2.45) is 10.9 Å². The summed E-state index contributed by atoms with van der Waals surface area (Å²) in [5, 5.41) is 0.367. The van der Waals surface area contributed by atoms with Gasteiger partial charge in [0.15, 0.2) is 0 Å². The van der Waals surface area contributed by atoms with Crippen LogP contribution in [0.25, 0.3) is 10.2 Å². The van der Waals surface area contributed by atoms with E-state index in [4.69, 9.17) is 4.74 Å². The van der Waals surface area contributed by atoms with Crippen LogP contribution in [0, 0.1) is 12.8 Å². The summed E-state index contributed by atoms with van der Waals surface area (Å²) in [5.41, 5.74) is -0.884. The molecule has 7 nitrogen and oxygen atoms in total. The van der Waals surface area contributed by atoms with Crippen LogP contribution >= 0.6 is 11.3 Å². The molecule has 2 aromatic rings. The standard InChI is InChI=1S/C23H29F2N3O4S/c1-13-16(10-26-11-17(29)32-22(2,3)4)33-20-18(13)19(30)28(15-7-8-15)21(31)27(20)12-14-6-5-9-23(14,24)25/h10,14-15H,5-9,11-12H2,1-4H3. The Kier molecular flexibility index (Phi) is 6.09. The number of halogens is 2. The topological polar surface area (TPSA) is 82.7 Å². The van der Waals surface area contributed by atoms with Crippen molar-refractivity contribution >= 4 is 33.7 Å². The van der Waals surface area contributed by atoms with Gasteiger partial charge in [-0.3, -0.25) is 23.7 Å². The van der Waals surface area contributed by atoms with Crippen LogP contribution in [0.15, 0.2) is 14.6 Å². The third kappa shape index (κ3) is 4.81. The van der Waals surface area contributed by atoms with E-state index in [1.54, 1.807) is 27.7 Å². The molecule has 2 aromatic heterocycles. The fraction of sp³-hybridized carbons (Fsp3) is 0.652.